The number of hydrogen-bond donors (Lipinski definition) is 0. The summed E-state index contributed by atoms with van der Waals surface area (Å²) in [6.45, 7) is 3.44. The lowest BCUT2D eigenvalue weighted by Gasteiger charge is -2.32. The Labute approximate surface area is 160 Å². The van der Waals surface area contributed by atoms with Gasteiger partial charge in [0, 0.05) is 36.4 Å². The van der Waals surface area contributed by atoms with E-state index < -0.39 is 0 Å². The molecule has 1 aromatic carbocycles. The minimum atomic E-state index is 0.248. The van der Waals surface area contributed by atoms with Crippen molar-refractivity contribution in [2.75, 3.05) is 20.2 Å². The van der Waals surface area contributed by atoms with E-state index in [0.29, 0.717) is 12.5 Å². The van der Waals surface area contributed by atoms with Crippen LogP contribution in [0.3, 0.4) is 0 Å². The summed E-state index contributed by atoms with van der Waals surface area (Å²) in [7, 11) is 1.69. The van der Waals surface area contributed by atoms with Crippen molar-refractivity contribution in [3.05, 3.63) is 66.0 Å². The highest BCUT2D eigenvalue weighted by Gasteiger charge is 2.22. The molecular weight excluding hydrogens is 338 g/mol. The molecule has 1 aliphatic heterocycles. The van der Waals surface area contributed by atoms with Crippen molar-refractivity contribution in [3.8, 4) is 5.88 Å². The van der Waals surface area contributed by atoms with Gasteiger partial charge in [0.25, 0.3) is 0 Å². The van der Waals surface area contributed by atoms with Gasteiger partial charge < -0.3 is 9.47 Å². The fourth-order valence-electron chi connectivity index (χ4n) is 3.66. The van der Waals surface area contributed by atoms with Gasteiger partial charge in [-0.25, -0.2) is 4.98 Å². The van der Waals surface area contributed by atoms with Crippen LogP contribution in [0.2, 0.25) is 0 Å². The molecule has 0 radical (unpaired) electrons. The first-order valence-electron chi connectivity index (χ1n) is 9.47. The van der Waals surface area contributed by atoms with Crippen molar-refractivity contribution in [3.63, 3.8) is 0 Å². The molecule has 3 heterocycles. The molecule has 1 saturated heterocycles. The lowest BCUT2D eigenvalue weighted by Crippen LogP contribution is -2.39. The van der Waals surface area contributed by atoms with Crippen molar-refractivity contribution in [1.29, 1.82) is 0 Å². The number of pyridine rings is 2. The van der Waals surface area contributed by atoms with Crippen LogP contribution in [-0.2, 0) is 17.9 Å². The Morgan fingerprint density at radius 3 is 2.96 bits per heavy atom. The Hall–Kier alpha value is -2.50. The van der Waals surface area contributed by atoms with Crippen LogP contribution < -0.4 is 4.74 Å². The topological polar surface area (TPSA) is 47.5 Å². The molecule has 4 rings (SSSR count). The third-order valence-electron chi connectivity index (χ3n) is 5.02. The standard InChI is InChI=1S/C22H25N3O2/c1-26-22-19(12-18-7-2-3-9-21(18)24-22)14-25-11-5-8-20(15-25)27-16-17-6-4-10-23-13-17/h2-4,6-7,9-10,12-13,20H,5,8,11,14-16H2,1H3/t20-/m0/s1. The second kappa shape index (κ2) is 8.46. The molecule has 27 heavy (non-hydrogen) atoms. The zero-order valence-corrected chi connectivity index (χ0v) is 15.7. The number of nitrogens with zero attached hydrogens (tertiary/aromatic N) is 3. The molecule has 0 amide bonds. The van der Waals surface area contributed by atoms with Crippen molar-refractivity contribution in [2.45, 2.75) is 32.1 Å². The summed E-state index contributed by atoms with van der Waals surface area (Å²) in [6, 6.07) is 14.4. The summed E-state index contributed by atoms with van der Waals surface area (Å²) in [5.41, 5.74) is 3.22. The van der Waals surface area contributed by atoms with E-state index in [-0.39, 0.29) is 6.10 Å². The molecule has 0 saturated carbocycles. The number of ether oxygens (including phenoxy) is 2. The maximum Gasteiger partial charge on any atom is 0.218 e. The number of methoxy groups -OCH3 is 1. The van der Waals surface area contributed by atoms with Gasteiger partial charge in [0.15, 0.2) is 0 Å². The molecule has 5 heteroatoms. The van der Waals surface area contributed by atoms with Gasteiger partial charge in [-0.05, 0) is 43.1 Å². The fourth-order valence-corrected chi connectivity index (χ4v) is 3.66. The second-order valence-corrected chi connectivity index (χ2v) is 7.02. The first-order valence-corrected chi connectivity index (χ1v) is 9.47. The minimum absolute atomic E-state index is 0.248. The number of likely N-dealkylation sites (tertiary alicyclic amines) is 1. The van der Waals surface area contributed by atoms with E-state index in [1.54, 1.807) is 13.3 Å². The predicted octanol–water partition coefficient (Wildman–Crippen LogP) is 3.82. The number of rotatable bonds is 6. The molecule has 1 atom stereocenters. The summed E-state index contributed by atoms with van der Waals surface area (Å²) in [5.74, 6) is 0.715. The van der Waals surface area contributed by atoms with Crippen molar-refractivity contribution in [2.24, 2.45) is 0 Å². The number of benzene rings is 1. The highest BCUT2D eigenvalue weighted by Crippen LogP contribution is 2.25. The normalized spacial score (nSPS) is 17.9. The third kappa shape index (κ3) is 4.43. The molecule has 3 aromatic rings. The van der Waals surface area contributed by atoms with Gasteiger partial charge in [0.05, 0.1) is 25.3 Å². The summed E-state index contributed by atoms with van der Waals surface area (Å²) < 4.78 is 11.7. The van der Waals surface area contributed by atoms with Gasteiger partial charge in [-0.3, -0.25) is 9.88 Å². The molecule has 1 fully saturated rings. The van der Waals surface area contributed by atoms with E-state index >= 15 is 0 Å². The zero-order chi connectivity index (χ0) is 18.5. The SMILES string of the molecule is COc1nc2ccccc2cc1CN1CCC[C@H](OCc2cccnc2)C1. The van der Waals surface area contributed by atoms with Crippen LogP contribution in [0.5, 0.6) is 5.88 Å². The fraction of sp³-hybridized carbons (Fsp3) is 0.364. The first kappa shape index (κ1) is 17.9. The molecule has 140 valence electrons. The van der Waals surface area contributed by atoms with E-state index in [1.807, 2.05) is 30.5 Å². The van der Waals surface area contributed by atoms with Gasteiger partial charge >= 0.3 is 0 Å². The third-order valence-corrected chi connectivity index (χ3v) is 5.02. The van der Waals surface area contributed by atoms with E-state index in [1.165, 1.54) is 0 Å². The molecule has 0 N–H and O–H groups in total. The predicted molar refractivity (Wildman–Crippen MR) is 106 cm³/mol. The van der Waals surface area contributed by atoms with Gasteiger partial charge in [0.2, 0.25) is 5.88 Å². The highest BCUT2D eigenvalue weighted by atomic mass is 16.5. The lowest BCUT2D eigenvalue weighted by atomic mass is 10.1. The molecule has 0 aliphatic carbocycles. The quantitative estimate of drug-likeness (QED) is 0.666. The number of para-hydroxylation sites is 1. The van der Waals surface area contributed by atoms with Gasteiger partial charge in [-0.1, -0.05) is 24.3 Å². The zero-order valence-electron chi connectivity index (χ0n) is 15.7. The van der Waals surface area contributed by atoms with E-state index in [9.17, 15) is 0 Å². The largest absolute Gasteiger partial charge is 0.481 e. The molecule has 0 spiro atoms. The maximum absolute atomic E-state index is 6.14. The molecule has 0 bridgehead atoms. The molecular formula is C22H25N3O2. The van der Waals surface area contributed by atoms with Crippen molar-refractivity contribution in [1.82, 2.24) is 14.9 Å². The van der Waals surface area contributed by atoms with Crippen LogP contribution in [-0.4, -0.2) is 41.2 Å². The van der Waals surface area contributed by atoms with Crippen LogP contribution in [0.25, 0.3) is 10.9 Å². The lowest BCUT2D eigenvalue weighted by molar-refractivity contribution is -0.0123. The monoisotopic (exact) mass is 363 g/mol. The van der Waals surface area contributed by atoms with Gasteiger partial charge in [-0.15, -0.1) is 0 Å². The molecule has 5 nitrogen and oxygen atoms in total. The van der Waals surface area contributed by atoms with E-state index in [4.69, 9.17) is 9.47 Å². The molecule has 0 unspecified atom stereocenters. The van der Waals surface area contributed by atoms with Crippen LogP contribution in [0.1, 0.15) is 24.0 Å². The number of aromatic nitrogens is 2. The number of piperidine rings is 1. The summed E-state index contributed by atoms with van der Waals surface area (Å²) in [4.78, 5) is 11.3. The van der Waals surface area contributed by atoms with Crippen molar-refractivity contribution < 1.29 is 9.47 Å². The molecule has 2 aromatic heterocycles. The van der Waals surface area contributed by atoms with Crippen LogP contribution >= 0.6 is 0 Å². The number of hydrogen-bond acceptors (Lipinski definition) is 5. The Bertz CT molecular complexity index is 885. The van der Waals surface area contributed by atoms with E-state index in [0.717, 1.165) is 54.5 Å². The first-order chi connectivity index (χ1) is 13.3. The Balaban J connectivity index is 1.42. The van der Waals surface area contributed by atoms with Crippen molar-refractivity contribution >= 4 is 10.9 Å². The van der Waals surface area contributed by atoms with Gasteiger partial charge in [0.1, 0.15) is 0 Å². The summed E-state index contributed by atoms with van der Waals surface area (Å²) in [6.07, 6.45) is 6.15. The Morgan fingerprint density at radius 1 is 1.19 bits per heavy atom. The Morgan fingerprint density at radius 2 is 2.11 bits per heavy atom. The maximum atomic E-state index is 6.14. The highest BCUT2D eigenvalue weighted by molar-refractivity contribution is 5.80. The summed E-state index contributed by atoms with van der Waals surface area (Å²) >= 11 is 0. The average Bonchev–Trinajstić information content (AvgIpc) is 2.73. The van der Waals surface area contributed by atoms with E-state index in [2.05, 4.69) is 33.1 Å². The number of fused-ring (bicyclic) bond motifs is 1. The van der Waals surface area contributed by atoms with Gasteiger partial charge in [-0.2, -0.15) is 0 Å². The second-order valence-electron chi connectivity index (χ2n) is 7.02. The van der Waals surface area contributed by atoms with Crippen LogP contribution in [0, 0.1) is 0 Å². The summed E-state index contributed by atoms with van der Waals surface area (Å²) in [5, 5.41) is 1.15. The Kier molecular flexibility index (Phi) is 5.61. The molecule has 1 aliphatic rings. The van der Waals surface area contributed by atoms with Crippen LogP contribution in [0.4, 0.5) is 0 Å². The smallest absolute Gasteiger partial charge is 0.218 e. The average molecular weight is 363 g/mol. The minimum Gasteiger partial charge on any atom is -0.481 e. The van der Waals surface area contributed by atoms with Crippen LogP contribution in [0.15, 0.2) is 54.9 Å².